The van der Waals surface area contributed by atoms with E-state index in [1.807, 2.05) is 0 Å². The van der Waals surface area contributed by atoms with E-state index in [9.17, 15) is 18.0 Å². The van der Waals surface area contributed by atoms with Crippen LogP contribution >= 0.6 is 11.8 Å². The fourth-order valence-electron chi connectivity index (χ4n) is 1.99. The molecule has 1 aliphatic heterocycles. The monoisotopic (exact) mass is 324 g/mol. The molecular weight excluding hydrogens is 304 g/mol. The van der Waals surface area contributed by atoms with Crippen molar-refractivity contribution in [2.45, 2.75) is 24.9 Å². The van der Waals surface area contributed by atoms with Crippen LogP contribution in [0.3, 0.4) is 0 Å². The standard InChI is InChI=1S/C11H20N2O5S2/c1-20(17,18)5-2-9(12)11(16)13-3-4-19-7-8(13)6-10(14)15/h8-9H,2-7,12H2,1H3,(H,14,15). The molecule has 1 saturated heterocycles. The number of carbonyl (C=O) groups excluding carboxylic acids is 1. The Labute approximate surface area is 122 Å². The zero-order chi connectivity index (χ0) is 15.3. The molecule has 1 heterocycles. The quantitative estimate of drug-likeness (QED) is 0.654. The molecular formula is C11H20N2O5S2. The van der Waals surface area contributed by atoms with Crippen LogP contribution in [-0.2, 0) is 19.4 Å². The van der Waals surface area contributed by atoms with Crippen LogP contribution in [0.1, 0.15) is 12.8 Å². The Bertz CT molecular complexity index is 465. The maximum Gasteiger partial charge on any atom is 0.305 e. The maximum atomic E-state index is 12.2. The summed E-state index contributed by atoms with van der Waals surface area (Å²) in [5, 5.41) is 8.86. The van der Waals surface area contributed by atoms with Crippen molar-refractivity contribution < 1.29 is 23.1 Å². The molecule has 0 aliphatic carbocycles. The van der Waals surface area contributed by atoms with Gasteiger partial charge in [-0.3, -0.25) is 9.59 Å². The van der Waals surface area contributed by atoms with Crippen LogP contribution in [0.15, 0.2) is 0 Å². The lowest BCUT2D eigenvalue weighted by Gasteiger charge is -2.36. The molecule has 1 aliphatic rings. The summed E-state index contributed by atoms with van der Waals surface area (Å²) in [6.45, 7) is 0.452. The van der Waals surface area contributed by atoms with Crippen LogP contribution in [0.25, 0.3) is 0 Å². The minimum atomic E-state index is -3.16. The smallest absolute Gasteiger partial charge is 0.305 e. The molecule has 1 rings (SSSR count). The number of aliphatic carboxylic acids is 1. The third kappa shape index (κ3) is 5.68. The van der Waals surface area contributed by atoms with Gasteiger partial charge in [-0.2, -0.15) is 11.8 Å². The van der Waals surface area contributed by atoms with E-state index in [0.29, 0.717) is 12.3 Å². The number of hydrogen-bond acceptors (Lipinski definition) is 6. The van der Waals surface area contributed by atoms with Gasteiger partial charge in [0.05, 0.1) is 24.3 Å². The van der Waals surface area contributed by atoms with Gasteiger partial charge in [-0.25, -0.2) is 8.42 Å². The highest BCUT2D eigenvalue weighted by molar-refractivity contribution is 7.99. The van der Waals surface area contributed by atoms with E-state index >= 15 is 0 Å². The molecule has 9 heteroatoms. The predicted octanol–water partition coefficient (Wildman–Crippen LogP) is -0.833. The zero-order valence-corrected chi connectivity index (χ0v) is 13.0. The van der Waals surface area contributed by atoms with Crippen LogP contribution in [0.2, 0.25) is 0 Å². The van der Waals surface area contributed by atoms with Crippen LogP contribution in [0.5, 0.6) is 0 Å². The number of carbonyl (C=O) groups is 2. The molecule has 1 amide bonds. The van der Waals surface area contributed by atoms with E-state index in [1.165, 1.54) is 4.90 Å². The van der Waals surface area contributed by atoms with E-state index in [4.69, 9.17) is 10.8 Å². The lowest BCUT2D eigenvalue weighted by atomic mass is 10.1. The number of thioether (sulfide) groups is 1. The number of carboxylic acids is 1. The highest BCUT2D eigenvalue weighted by Gasteiger charge is 2.31. The van der Waals surface area contributed by atoms with Crippen LogP contribution in [-0.4, -0.2) is 72.4 Å². The Morgan fingerprint density at radius 3 is 2.70 bits per heavy atom. The van der Waals surface area contributed by atoms with Gasteiger partial charge in [-0.1, -0.05) is 0 Å². The van der Waals surface area contributed by atoms with Crippen LogP contribution in [0, 0.1) is 0 Å². The summed E-state index contributed by atoms with van der Waals surface area (Å²) in [5.74, 6) is -0.163. The lowest BCUT2D eigenvalue weighted by Crippen LogP contribution is -2.53. The van der Waals surface area contributed by atoms with Gasteiger partial charge in [0.25, 0.3) is 0 Å². The van der Waals surface area contributed by atoms with Crippen molar-refractivity contribution in [2.75, 3.05) is 30.1 Å². The fourth-order valence-corrected chi connectivity index (χ4v) is 3.74. The number of nitrogens with two attached hydrogens (primary N) is 1. The lowest BCUT2D eigenvalue weighted by molar-refractivity contribution is -0.140. The summed E-state index contributed by atoms with van der Waals surface area (Å²) in [6, 6.07) is -1.27. The normalized spacial score (nSPS) is 21.5. The molecule has 2 atom stereocenters. The first-order valence-corrected chi connectivity index (χ1v) is 9.45. The Morgan fingerprint density at radius 2 is 2.15 bits per heavy atom. The van der Waals surface area contributed by atoms with E-state index < -0.39 is 21.8 Å². The molecule has 0 radical (unpaired) electrons. The van der Waals surface area contributed by atoms with Gasteiger partial charge < -0.3 is 15.7 Å². The van der Waals surface area contributed by atoms with Crippen molar-refractivity contribution in [1.82, 2.24) is 4.90 Å². The highest BCUT2D eigenvalue weighted by atomic mass is 32.2. The largest absolute Gasteiger partial charge is 0.481 e. The molecule has 0 spiro atoms. The first-order chi connectivity index (χ1) is 9.20. The summed E-state index contributed by atoms with van der Waals surface area (Å²) in [5.41, 5.74) is 5.74. The number of rotatable bonds is 6. The first-order valence-electron chi connectivity index (χ1n) is 6.24. The number of carboxylic acid groups (broad SMARTS) is 1. The Hall–Kier alpha value is -0.800. The van der Waals surface area contributed by atoms with Crippen LogP contribution < -0.4 is 5.73 Å². The molecule has 0 aromatic carbocycles. The molecule has 0 saturated carbocycles. The topological polar surface area (TPSA) is 118 Å². The van der Waals surface area contributed by atoms with Gasteiger partial charge in [0.1, 0.15) is 9.84 Å². The molecule has 3 N–H and O–H groups in total. The third-order valence-electron chi connectivity index (χ3n) is 3.04. The predicted molar refractivity (Wildman–Crippen MR) is 77.4 cm³/mol. The summed E-state index contributed by atoms with van der Waals surface area (Å²) >= 11 is 1.60. The van der Waals surface area contributed by atoms with Crippen molar-refractivity contribution in [3.63, 3.8) is 0 Å². The fraction of sp³-hybridized carbons (Fsp3) is 0.818. The second-order valence-corrected chi connectivity index (χ2v) is 8.29. The van der Waals surface area contributed by atoms with E-state index in [0.717, 1.165) is 12.0 Å². The summed E-state index contributed by atoms with van der Waals surface area (Å²) < 4.78 is 22.2. The molecule has 7 nitrogen and oxygen atoms in total. The second kappa shape index (κ2) is 7.28. The van der Waals surface area contributed by atoms with Crippen LogP contribution in [0.4, 0.5) is 0 Å². The van der Waals surface area contributed by atoms with Gasteiger partial charge >= 0.3 is 5.97 Å². The molecule has 0 bridgehead atoms. The average molecular weight is 324 g/mol. The van der Waals surface area contributed by atoms with E-state index in [-0.39, 0.29) is 30.5 Å². The molecule has 20 heavy (non-hydrogen) atoms. The maximum absolute atomic E-state index is 12.2. The first kappa shape index (κ1) is 17.3. The van der Waals surface area contributed by atoms with Crippen molar-refractivity contribution in [1.29, 1.82) is 0 Å². The molecule has 1 fully saturated rings. The minimum absolute atomic E-state index is 0.0566. The molecule has 116 valence electrons. The number of amides is 1. The third-order valence-corrected chi connectivity index (χ3v) is 5.11. The Kier molecular flexibility index (Phi) is 6.28. The summed E-state index contributed by atoms with van der Waals surface area (Å²) in [7, 11) is -3.16. The number of nitrogens with zero attached hydrogens (tertiary/aromatic N) is 1. The Balaban J connectivity index is 2.64. The molecule has 2 unspecified atom stereocenters. The van der Waals surface area contributed by atoms with Gasteiger partial charge in [-0.05, 0) is 6.42 Å². The van der Waals surface area contributed by atoms with E-state index in [2.05, 4.69) is 0 Å². The van der Waals surface area contributed by atoms with Gasteiger partial charge in [0.2, 0.25) is 5.91 Å². The minimum Gasteiger partial charge on any atom is -0.481 e. The van der Waals surface area contributed by atoms with Crippen molar-refractivity contribution in [3.8, 4) is 0 Å². The highest BCUT2D eigenvalue weighted by Crippen LogP contribution is 2.20. The zero-order valence-electron chi connectivity index (χ0n) is 11.3. The van der Waals surface area contributed by atoms with E-state index in [1.54, 1.807) is 11.8 Å². The molecule has 0 aromatic rings. The number of sulfone groups is 1. The number of hydrogen-bond donors (Lipinski definition) is 2. The Morgan fingerprint density at radius 1 is 1.50 bits per heavy atom. The van der Waals surface area contributed by atoms with Gasteiger partial charge in [-0.15, -0.1) is 0 Å². The van der Waals surface area contributed by atoms with Crippen molar-refractivity contribution in [2.24, 2.45) is 5.73 Å². The summed E-state index contributed by atoms with van der Waals surface area (Å²) in [4.78, 5) is 24.5. The average Bonchev–Trinajstić information content (AvgIpc) is 2.34. The van der Waals surface area contributed by atoms with Crippen molar-refractivity contribution >= 4 is 33.5 Å². The van der Waals surface area contributed by atoms with Gasteiger partial charge in [0.15, 0.2) is 0 Å². The SMILES string of the molecule is CS(=O)(=O)CCC(N)C(=O)N1CCSCC1CC(=O)O. The van der Waals surface area contributed by atoms with Gasteiger partial charge in [0, 0.05) is 24.3 Å². The molecule has 0 aromatic heterocycles. The second-order valence-electron chi connectivity index (χ2n) is 4.88. The summed E-state index contributed by atoms with van der Waals surface area (Å²) in [6.07, 6.45) is 1.04. The van der Waals surface area contributed by atoms with Crippen molar-refractivity contribution in [3.05, 3.63) is 0 Å².